The average molecular weight is 401 g/mol. The van der Waals surface area contributed by atoms with E-state index in [1.54, 1.807) is 7.05 Å². The Bertz CT molecular complexity index is 1010. The van der Waals surface area contributed by atoms with E-state index in [0.29, 0.717) is 12.0 Å². The second-order valence-corrected chi connectivity index (χ2v) is 8.48. The van der Waals surface area contributed by atoms with Crippen molar-refractivity contribution >= 4 is 27.6 Å². The molecule has 0 atom stereocenters. The molecule has 0 spiro atoms. The van der Waals surface area contributed by atoms with Crippen LogP contribution in [0, 0.1) is 0 Å². The predicted octanol–water partition coefficient (Wildman–Crippen LogP) is 2.84. The fourth-order valence-corrected chi connectivity index (χ4v) is 3.80. The number of sulfone groups is 1. The van der Waals surface area contributed by atoms with Gasteiger partial charge in [0.25, 0.3) is 0 Å². The largest absolute Gasteiger partial charge is 0.417 e. The van der Waals surface area contributed by atoms with Gasteiger partial charge in [-0.15, -0.1) is 0 Å². The van der Waals surface area contributed by atoms with Crippen LogP contribution in [-0.4, -0.2) is 34.9 Å². The van der Waals surface area contributed by atoms with Gasteiger partial charge in [0.2, 0.25) is 0 Å². The maximum atomic E-state index is 12.7. The zero-order valence-corrected chi connectivity index (χ0v) is 15.5. The molecule has 2 heterocycles. The highest BCUT2D eigenvalue weighted by molar-refractivity contribution is 7.91. The number of hydrogen-bond acceptors (Lipinski definition) is 6. The van der Waals surface area contributed by atoms with Crippen molar-refractivity contribution in [3.05, 3.63) is 29.3 Å². The Labute approximate surface area is 154 Å². The summed E-state index contributed by atoms with van der Waals surface area (Å²) in [6.07, 6.45) is -0.933. The topological polar surface area (TPSA) is 103 Å². The van der Waals surface area contributed by atoms with Gasteiger partial charge in [0.1, 0.15) is 11.5 Å². The molecule has 27 heavy (non-hydrogen) atoms. The zero-order chi connectivity index (χ0) is 20.0. The van der Waals surface area contributed by atoms with E-state index < -0.39 is 21.6 Å². The quantitative estimate of drug-likeness (QED) is 0.776. The molecule has 2 aromatic heterocycles. The van der Waals surface area contributed by atoms with Gasteiger partial charge in [-0.3, -0.25) is 4.98 Å². The van der Waals surface area contributed by atoms with Crippen molar-refractivity contribution in [1.82, 2.24) is 14.5 Å². The lowest BCUT2D eigenvalue weighted by Crippen LogP contribution is -2.10. The molecule has 146 valence electrons. The number of anilines is 1. The summed E-state index contributed by atoms with van der Waals surface area (Å²) in [5, 5.41) is -0.0198. The lowest BCUT2D eigenvalue weighted by atomic mass is 10.2. The minimum atomic E-state index is -4.56. The predicted molar refractivity (Wildman–Crippen MR) is 93.8 cm³/mol. The molecular weight excluding hydrogens is 383 g/mol. The molecule has 11 heteroatoms. The fourth-order valence-electron chi connectivity index (χ4n) is 2.64. The summed E-state index contributed by atoms with van der Waals surface area (Å²) < 4.78 is 64.5. The fraction of sp³-hybridized carbons (Fsp3) is 0.438. The summed E-state index contributed by atoms with van der Waals surface area (Å²) in [6.45, 7) is 1.52. The Morgan fingerprint density at radius 2 is 2.07 bits per heavy atom. The first kappa shape index (κ1) is 19.3. The molecule has 0 saturated heterocycles. The van der Waals surface area contributed by atoms with Crippen LogP contribution in [-0.2, 0) is 23.1 Å². The van der Waals surface area contributed by atoms with Gasteiger partial charge in [-0.05, 0) is 18.9 Å². The number of aromatic nitrogens is 3. The lowest BCUT2D eigenvalue weighted by Gasteiger charge is -2.07. The third-order valence-corrected chi connectivity index (χ3v) is 6.07. The van der Waals surface area contributed by atoms with Crippen molar-refractivity contribution in [2.75, 3.05) is 11.5 Å². The molecule has 1 aliphatic rings. The molecule has 0 aromatic carbocycles. The number of nitrogens with two attached hydrogens (primary N) is 1. The highest BCUT2D eigenvalue weighted by Crippen LogP contribution is 2.42. The molecule has 0 amide bonds. The number of halogens is 3. The molecule has 7 nitrogen and oxygen atoms in total. The summed E-state index contributed by atoms with van der Waals surface area (Å²) in [4.78, 5) is 12.1. The van der Waals surface area contributed by atoms with Gasteiger partial charge in [-0.25, -0.2) is 18.4 Å². The summed E-state index contributed by atoms with van der Waals surface area (Å²) in [7, 11) is -1.98. The van der Waals surface area contributed by atoms with E-state index in [1.807, 2.05) is 0 Å². The van der Waals surface area contributed by atoms with E-state index >= 15 is 0 Å². The molecule has 2 aromatic rings. The van der Waals surface area contributed by atoms with Crippen LogP contribution >= 0.6 is 0 Å². The van der Waals surface area contributed by atoms with Crippen molar-refractivity contribution < 1.29 is 21.6 Å². The first-order valence-electron chi connectivity index (χ1n) is 8.20. The van der Waals surface area contributed by atoms with Crippen LogP contribution in [0.1, 0.15) is 42.8 Å². The van der Waals surface area contributed by atoms with Crippen LogP contribution in [0.3, 0.4) is 0 Å². The standard InChI is InChI=1S/C16H18F3N5O2S/c1-3-27(25,26)15-13(23-14(24(15)2)9-4-5-9)22-8-12-11(20)6-10(7-21-12)16(17,18)19/h6-9H,3-5,20H2,1-2H3. The number of imidazole rings is 1. The zero-order valence-electron chi connectivity index (χ0n) is 14.7. The molecule has 2 N–H and O–H groups in total. The highest BCUT2D eigenvalue weighted by atomic mass is 32.2. The number of nitrogen functional groups attached to an aromatic ring is 1. The Morgan fingerprint density at radius 3 is 2.59 bits per heavy atom. The Kier molecular flexibility index (Phi) is 4.74. The van der Waals surface area contributed by atoms with Gasteiger partial charge in [-0.2, -0.15) is 13.2 Å². The van der Waals surface area contributed by atoms with Crippen LogP contribution in [0.25, 0.3) is 0 Å². The molecule has 0 bridgehead atoms. The second kappa shape index (κ2) is 6.63. The van der Waals surface area contributed by atoms with Gasteiger partial charge < -0.3 is 10.3 Å². The van der Waals surface area contributed by atoms with Crippen LogP contribution in [0.2, 0.25) is 0 Å². The number of pyridine rings is 1. The first-order chi connectivity index (χ1) is 12.5. The van der Waals surface area contributed by atoms with Crippen LogP contribution in [0.5, 0.6) is 0 Å². The van der Waals surface area contributed by atoms with Crippen molar-refractivity contribution in [1.29, 1.82) is 0 Å². The van der Waals surface area contributed by atoms with Gasteiger partial charge in [0.05, 0.1) is 23.2 Å². The summed E-state index contributed by atoms with van der Waals surface area (Å²) >= 11 is 0. The second-order valence-electron chi connectivity index (χ2n) is 6.29. The summed E-state index contributed by atoms with van der Waals surface area (Å²) in [6, 6.07) is 0.756. The summed E-state index contributed by atoms with van der Waals surface area (Å²) in [5.41, 5.74) is 4.44. The number of aliphatic imine (C=N–C) groups is 1. The van der Waals surface area contributed by atoms with Crippen LogP contribution < -0.4 is 5.73 Å². The first-order valence-corrected chi connectivity index (χ1v) is 9.86. The van der Waals surface area contributed by atoms with Gasteiger partial charge >= 0.3 is 6.18 Å². The van der Waals surface area contributed by atoms with E-state index in [-0.39, 0.29) is 33.9 Å². The Morgan fingerprint density at radius 1 is 1.41 bits per heavy atom. The van der Waals surface area contributed by atoms with Crippen LogP contribution in [0.4, 0.5) is 24.7 Å². The van der Waals surface area contributed by atoms with Gasteiger partial charge in [0.15, 0.2) is 20.7 Å². The highest BCUT2D eigenvalue weighted by Gasteiger charge is 2.34. The monoisotopic (exact) mass is 401 g/mol. The number of rotatable bonds is 5. The molecule has 1 fully saturated rings. The SMILES string of the molecule is CCS(=O)(=O)c1c(N=Cc2ncc(C(F)(F)F)cc2N)nc(C2CC2)n1C. The molecule has 0 radical (unpaired) electrons. The molecule has 0 aliphatic heterocycles. The van der Waals surface area contributed by atoms with E-state index in [0.717, 1.165) is 25.1 Å². The number of hydrogen-bond donors (Lipinski definition) is 1. The molecule has 3 rings (SSSR count). The van der Waals surface area contributed by atoms with Crippen molar-refractivity contribution in [2.45, 2.75) is 36.9 Å². The maximum Gasteiger partial charge on any atom is 0.417 e. The average Bonchev–Trinajstić information content (AvgIpc) is 3.36. The van der Waals surface area contributed by atoms with E-state index in [4.69, 9.17) is 5.73 Å². The van der Waals surface area contributed by atoms with Crippen molar-refractivity contribution in [3.8, 4) is 0 Å². The molecule has 1 aliphatic carbocycles. The smallest absolute Gasteiger partial charge is 0.397 e. The minimum Gasteiger partial charge on any atom is -0.397 e. The van der Waals surface area contributed by atoms with Crippen molar-refractivity contribution in [3.63, 3.8) is 0 Å². The van der Waals surface area contributed by atoms with Gasteiger partial charge in [-0.1, -0.05) is 6.92 Å². The van der Waals surface area contributed by atoms with E-state index in [2.05, 4.69) is 15.0 Å². The summed E-state index contributed by atoms with van der Waals surface area (Å²) in [5.74, 6) is 0.684. The Balaban J connectivity index is 2.02. The molecule has 0 unspecified atom stereocenters. The molecular formula is C16H18F3N5O2S. The normalized spacial score (nSPS) is 15.6. The molecule has 1 saturated carbocycles. The third-order valence-electron chi connectivity index (χ3n) is 4.26. The van der Waals surface area contributed by atoms with E-state index in [1.165, 1.54) is 11.5 Å². The van der Waals surface area contributed by atoms with Crippen LogP contribution in [0.15, 0.2) is 22.3 Å². The maximum absolute atomic E-state index is 12.7. The van der Waals surface area contributed by atoms with Gasteiger partial charge in [0, 0.05) is 19.2 Å². The Hall–Kier alpha value is -2.43. The van der Waals surface area contributed by atoms with E-state index in [9.17, 15) is 21.6 Å². The number of nitrogens with zero attached hydrogens (tertiary/aromatic N) is 4. The lowest BCUT2D eigenvalue weighted by molar-refractivity contribution is -0.137. The third kappa shape index (κ3) is 3.82. The minimum absolute atomic E-state index is 0.00136. The van der Waals surface area contributed by atoms with Crippen molar-refractivity contribution in [2.24, 2.45) is 12.0 Å². The number of alkyl halides is 3.